The summed E-state index contributed by atoms with van der Waals surface area (Å²) in [6.07, 6.45) is -5.02. The van der Waals surface area contributed by atoms with E-state index in [1.807, 2.05) is 6.92 Å². The lowest BCUT2D eigenvalue weighted by Gasteiger charge is -2.13. The quantitative estimate of drug-likeness (QED) is 0.377. The molecule has 10 heteroatoms. The average Bonchev–Trinajstić information content (AvgIpc) is 3.09. The van der Waals surface area contributed by atoms with Gasteiger partial charge in [-0.3, -0.25) is 4.99 Å². The molecule has 1 aromatic carbocycles. The van der Waals surface area contributed by atoms with Gasteiger partial charge in [-0.1, -0.05) is 12.1 Å². The fraction of sp³-hybridized carbons (Fsp3) is 0.412. The fourth-order valence-corrected chi connectivity index (χ4v) is 2.96. The monoisotopic (exact) mass is 404 g/mol. The van der Waals surface area contributed by atoms with Crippen molar-refractivity contribution >= 4 is 17.3 Å². The standard InChI is InChI=1S/C17H20F4N4OS/c1-2-22-16(24-9-13(26)11-3-5-12(18)6-4-11)23-8-7-15-25-14(10-27-15)17(19,20)21/h3-6,10,13,26H,2,7-9H2,1H3,(H2,22,23,24). The summed E-state index contributed by atoms with van der Waals surface area (Å²) >= 11 is 0.956. The summed E-state index contributed by atoms with van der Waals surface area (Å²) in [6, 6.07) is 5.48. The van der Waals surface area contributed by atoms with Crippen molar-refractivity contribution in [3.05, 3.63) is 51.7 Å². The third kappa shape index (κ3) is 6.79. The number of aliphatic imine (C=N–C) groups is 1. The van der Waals surface area contributed by atoms with Gasteiger partial charge in [-0.2, -0.15) is 13.2 Å². The van der Waals surface area contributed by atoms with E-state index in [0.29, 0.717) is 36.0 Å². The van der Waals surface area contributed by atoms with Crippen LogP contribution in [0.25, 0.3) is 0 Å². The number of thiazole rings is 1. The Balaban J connectivity index is 1.87. The first-order valence-electron chi connectivity index (χ1n) is 8.27. The van der Waals surface area contributed by atoms with Crippen molar-refractivity contribution < 1.29 is 22.7 Å². The number of nitrogens with one attached hydrogen (secondary N) is 2. The lowest BCUT2D eigenvalue weighted by molar-refractivity contribution is -0.140. The highest BCUT2D eigenvalue weighted by atomic mass is 32.1. The molecule has 27 heavy (non-hydrogen) atoms. The zero-order valence-corrected chi connectivity index (χ0v) is 15.4. The Hall–Kier alpha value is -2.20. The van der Waals surface area contributed by atoms with Gasteiger partial charge >= 0.3 is 6.18 Å². The molecule has 148 valence electrons. The second kappa shape index (κ2) is 9.65. The minimum Gasteiger partial charge on any atom is -0.386 e. The molecule has 0 fully saturated rings. The average molecular weight is 404 g/mol. The highest BCUT2D eigenvalue weighted by Crippen LogP contribution is 2.30. The largest absolute Gasteiger partial charge is 0.434 e. The number of alkyl halides is 3. The Morgan fingerprint density at radius 2 is 1.96 bits per heavy atom. The molecule has 1 heterocycles. The van der Waals surface area contributed by atoms with Crippen molar-refractivity contribution in [2.24, 2.45) is 4.99 Å². The first-order valence-corrected chi connectivity index (χ1v) is 9.15. The molecule has 0 aliphatic rings. The van der Waals surface area contributed by atoms with Crippen molar-refractivity contribution in [1.29, 1.82) is 0 Å². The molecule has 2 aromatic rings. The van der Waals surface area contributed by atoms with Crippen LogP contribution in [0.15, 0.2) is 34.6 Å². The summed E-state index contributed by atoms with van der Waals surface area (Å²) in [6.45, 7) is 2.83. The number of aliphatic hydroxyl groups excluding tert-OH is 1. The van der Waals surface area contributed by atoms with Crippen LogP contribution in [-0.2, 0) is 12.6 Å². The maximum atomic E-state index is 12.9. The second-order valence-electron chi connectivity index (χ2n) is 5.59. The zero-order chi connectivity index (χ0) is 19.9. The molecule has 0 aliphatic carbocycles. The maximum absolute atomic E-state index is 12.9. The summed E-state index contributed by atoms with van der Waals surface area (Å²) in [7, 11) is 0. The SMILES string of the molecule is CCNC(=NCC(O)c1ccc(F)cc1)NCCc1nc(C(F)(F)F)cs1. The molecular formula is C17H20F4N4OS. The lowest BCUT2D eigenvalue weighted by atomic mass is 10.1. The fourth-order valence-electron chi connectivity index (χ4n) is 2.15. The first kappa shape index (κ1) is 21.1. The number of benzene rings is 1. The number of hydrogen-bond donors (Lipinski definition) is 3. The molecule has 3 N–H and O–H groups in total. The predicted octanol–water partition coefficient (Wildman–Crippen LogP) is 3.13. The van der Waals surface area contributed by atoms with Gasteiger partial charge in [-0.15, -0.1) is 11.3 Å². The maximum Gasteiger partial charge on any atom is 0.434 e. The molecule has 0 bridgehead atoms. The molecule has 0 radical (unpaired) electrons. The second-order valence-corrected chi connectivity index (χ2v) is 6.53. The highest BCUT2D eigenvalue weighted by molar-refractivity contribution is 7.09. The van der Waals surface area contributed by atoms with Crippen LogP contribution in [0.3, 0.4) is 0 Å². The number of guanidine groups is 1. The lowest BCUT2D eigenvalue weighted by Crippen LogP contribution is -2.38. The topological polar surface area (TPSA) is 69.5 Å². The number of hydrogen-bond acceptors (Lipinski definition) is 4. The van der Waals surface area contributed by atoms with E-state index in [2.05, 4.69) is 20.6 Å². The molecular weight excluding hydrogens is 384 g/mol. The van der Waals surface area contributed by atoms with Crippen molar-refractivity contribution in [2.75, 3.05) is 19.6 Å². The van der Waals surface area contributed by atoms with Crippen LogP contribution in [0.2, 0.25) is 0 Å². The summed E-state index contributed by atoms with van der Waals surface area (Å²) < 4.78 is 50.5. The molecule has 0 saturated carbocycles. The number of aliphatic hydroxyl groups is 1. The summed E-state index contributed by atoms with van der Waals surface area (Å²) in [5.41, 5.74) is -0.344. The van der Waals surface area contributed by atoms with Gasteiger partial charge in [0.15, 0.2) is 11.7 Å². The number of rotatable bonds is 7. The van der Waals surface area contributed by atoms with Gasteiger partial charge in [0.25, 0.3) is 0 Å². The minimum atomic E-state index is -4.44. The molecule has 1 aromatic heterocycles. The van der Waals surface area contributed by atoms with E-state index in [0.717, 1.165) is 16.7 Å². The Bertz CT molecular complexity index is 746. The summed E-state index contributed by atoms with van der Waals surface area (Å²) in [5, 5.41) is 17.4. The zero-order valence-electron chi connectivity index (χ0n) is 14.6. The van der Waals surface area contributed by atoms with Gasteiger partial charge in [0, 0.05) is 24.9 Å². The van der Waals surface area contributed by atoms with Gasteiger partial charge in [0.1, 0.15) is 5.82 Å². The molecule has 0 aliphatic heterocycles. The Morgan fingerprint density at radius 1 is 1.26 bits per heavy atom. The van der Waals surface area contributed by atoms with Crippen LogP contribution < -0.4 is 10.6 Å². The smallest absolute Gasteiger partial charge is 0.386 e. The third-order valence-corrected chi connectivity index (χ3v) is 4.40. The first-order chi connectivity index (χ1) is 12.8. The third-order valence-electron chi connectivity index (χ3n) is 3.49. The van der Waals surface area contributed by atoms with E-state index in [1.54, 1.807) is 0 Å². The Kier molecular flexibility index (Phi) is 7.55. The van der Waals surface area contributed by atoms with Crippen molar-refractivity contribution in [2.45, 2.75) is 25.6 Å². The van der Waals surface area contributed by atoms with Crippen molar-refractivity contribution in [3.8, 4) is 0 Å². The van der Waals surface area contributed by atoms with Crippen LogP contribution in [0.5, 0.6) is 0 Å². The van der Waals surface area contributed by atoms with Gasteiger partial charge in [-0.25, -0.2) is 9.37 Å². The molecule has 0 saturated heterocycles. The summed E-state index contributed by atoms with van der Waals surface area (Å²) in [4.78, 5) is 7.81. The van der Waals surface area contributed by atoms with Gasteiger partial charge < -0.3 is 15.7 Å². The van der Waals surface area contributed by atoms with Gasteiger partial charge in [-0.05, 0) is 24.6 Å². The van der Waals surface area contributed by atoms with Crippen LogP contribution in [-0.4, -0.2) is 35.7 Å². The van der Waals surface area contributed by atoms with E-state index in [1.165, 1.54) is 24.3 Å². The molecule has 1 atom stereocenters. The minimum absolute atomic E-state index is 0.0520. The predicted molar refractivity (Wildman–Crippen MR) is 96.2 cm³/mol. The molecule has 2 rings (SSSR count). The van der Waals surface area contributed by atoms with Crippen molar-refractivity contribution in [1.82, 2.24) is 15.6 Å². The van der Waals surface area contributed by atoms with Crippen LogP contribution in [0.4, 0.5) is 17.6 Å². The molecule has 1 unspecified atom stereocenters. The van der Waals surface area contributed by atoms with E-state index in [-0.39, 0.29) is 12.4 Å². The molecule has 0 amide bonds. The summed E-state index contributed by atoms with van der Waals surface area (Å²) in [5.74, 6) is 0.0339. The van der Waals surface area contributed by atoms with E-state index in [9.17, 15) is 22.7 Å². The molecule has 0 spiro atoms. The highest BCUT2D eigenvalue weighted by Gasteiger charge is 2.33. The number of aromatic nitrogens is 1. The molecule has 5 nitrogen and oxygen atoms in total. The van der Waals surface area contributed by atoms with Crippen LogP contribution >= 0.6 is 11.3 Å². The van der Waals surface area contributed by atoms with Crippen LogP contribution in [0, 0.1) is 5.82 Å². The van der Waals surface area contributed by atoms with Crippen LogP contribution in [0.1, 0.15) is 29.3 Å². The van der Waals surface area contributed by atoms with E-state index >= 15 is 0 Å². The Labute approximate surface area is 158 Å². The van der Waals surface area contributed by atoms with Gasteiger partial charge in [0.2, 0.25) is 0 Å². The van der Waals surface area contributed by atoms with E-state index in [4.69, 9.17) is 0 Å². The normalized spacial score (nSPS) is 13.5. The van der Waals surface area contributed by atoms with Crippen molar-refractivity contribution in [3.63, 3.8) is 0 Å². The number of halogens is 4. The van der Waals surface area contributed by atoms with Gasteiger partial charge in [0.05, 0.1) is 17.7 Å². The Morgan fingerprint density at radius 3 is 2.56 bits per heavy atom. The number of nitrogens with zero attached hydrogens (tertiary/aromatic N) is 2. The van der Waals surface area contributed by atoms with E-state index < -0.39 is 18.0 Å².